The molecule has 0 spiro atoms. The number of hydrogen-bond donors (Lipinski definition) is 0. The molecule has 0 radical (unpaired) electrons. The molecule has 1 fully saturated rings. The van der Waals surface area contributed by atoms with E-state index in [0.29, 0.717) is 12.5 Å². The molecule has 2 atom stereocenters. The van der Waals surface area contributed by atoms with Crippen molar-refractivity contribution in [1.82, 2.24) is 15.0 Å². The third kappa shape index (κ3) is 3.59. The number of halogens is 3. The smallest absolute Gasteiger partial charge is 0.376 e. The highest BCUT2D eigenvalue weighted by Gasteiger charge is 2.31. The number of rotatable bonds is 3. The summed E-state index contributed by atoms with van der Waals surface area (Å²) >= 11 is 0. The Kier molecular flexibility index (Phi) is 4.60. The number of alkyl halides is 3. The van der Waals surface area contributed by atoms with Crippen LogP contribution >= 0.6 is 0 Å². The van der Waals surface area contributed by atoms with E-state index in [0.717, 1.165) is 25.2 Å². The molecule has 0 N–H and O–H groups in total. The molecular weight excluding hydrogens is 323 g/mol. The van der Waals surface area contributed by atoms with Gasteiger partial charge >= 0.3 is 6.18 Å². The van der Waals surface area contributed by atoms with Gasteiger partial charge in [-0.25, -0.2) is 0 Å². The first-order chi connectivity index (χ1) is 11.3. The molecule has 8 heteroatoms. The quantitative estimate of drug-likeness (QED) is 0.855. The van der Waals surface area contributed by atoms with E-state index in [1.165, 1.54) is 12.1 Å². The van der Waals surface area contributed by atoms with Gasteiger partial charge in [0.2, 0.25) is 11.7 Å². The molecule has 2 aromatic rings. The summed E-state index contributed by atoms with van der Waals surface area (Å²) in [6.07, 6.45) is -4.29. The lowest BCUT2D eigenvalue weighted by Crippen LogP contribution is -2.42. The Morgan fingerprint density at radius 2 is 2.12 bits per heavy atom. The van der Waals surface area contributed by atoms with E-state index in [9.17, 15) is 13.2 Å². The lowest BCUT2D eigenvalue weighted by molar-refractivity contribution is -0.137. The first-order valence-electron chi connectivity index (χ1n) is 7.71. The maximum absolute atomic E-state index is 12.8. The number of morpholine rings is 1. The zero-order valence-corrected chi connectivity index (χ0v) is 13.4. The molecule has 5 nitrogen and oxygen atoms in total. The van der Waals surface area contributed by atoms with Gasteiger partial charge in [-0.3, -0.25) is 4.90 Å². The Morgan fingerprint density at radius 3 is 2.83 bits per heavy atom. The third-order valence-electron chi connectivity index (χ3n) is 4.07. The van der Waals surface area contributed by atoms with E-state index in [-0.39, 0.29) is 23.5 Å². The summed E-state index contributed by atoms with van der Waals surface area (Å²) in [4.78, 5) is 6.43. The van der Waals surface area contributed by atoms with Crippen LogP contribution in [0.3, 0.4) is 0 Å². The van der Waals surface area contributed by atoms with Gasteiger partial charge in [0.25, 0.3) is 0 Å². The molecular formula is C16H18F3N3O2. The second kappa shape index (κ2) is 6.52. The first kappa shape index (κ1) is 16.9. The maximum Gasteiger partial charge on any atom is 0.416 e. The predicted octanol–water partition coefficient (Wildman–Crippen LogP) is 3.54. The SMILES string of the molecule is CC1CN(C(C)c2nc(-c3cccc(C(F)(F)F)c3)no2)CCO1. The minimum atomic E-state index is -4.40. The molecule has 24 heavy (non-hydrogen) atoms. The highest BCUT2D eigenvalue weighted by atomic mass is 19.4. The Balaban J connectivity index is 1.80. The van der Waals surface area contributed by atoms with Gasteiger partial charge in [-0.15, -0.1) is 0 Å². The Labute approximate surface area is 137 Å². The number of hydrogen-bond acceptors (Lipinski definition) is 5. The number of aromatic nitrogens is 2. The fraction of sp³-hybridized carbons (Fsp3) is 0.500. The zero-order valence-electron chi connectivity index (χ0n) is 13.4. The average Bonchev–Trinajstić information content (AvgIpc) is 3.03. The zero-order chi connectivity index (χ0) is 17.3. The highest BCUT2D eigenvalue weighted by Crippen LogP contribution is 2.32. The van der Waals surface area contributed by atoms with Gasteiger partial charge < -0.3 is 9.26 Å². The Hall–Kier alpha value is -1.93. The highest BCUT2D eigenvalue weighted by molar-refractivity contribution is 5.55. The lowest BCUT2D eigenvalue weighted by atomic mass is 10.1. The molecule has 3 rings (SSSR count). The van der Waals surface area contributed by atoms with E-state index in [1.807, 2.05) is 13.8 Å². The van der Waals surface area contributed by atoms with E-state index < -0.39 is 11.7 Å². The molecule has 130 valence electrons. The second-order valence-corrected chi connectivity index (χ2v) is 5.89. The Morgan fingerprint density at radius 1 is 1.33 bits per heavy atom. The van der Waals surface area contributed by atoms with E-state index in [4.69, 9.17) is 9.26 Å². The van der Waals surface area contributed by atoms with Gasteiger partial charge in [0.1, 0.15) is 0 Å². The second-order valence-electron chi connectivity index (χ2n) is 5.89. The first-order valence-corrected chi connectivity index (χ1v) is 7.71. The van der Waals surface area contributed by atoms with Crippen LogP contribution in [0.15, 0.2) is 28.8 Å². The van der Waals surface area contributed by atoms with Crippen molar-refractivity contribution in [2.45, 2.75) is 32.2 Å². The summed E-state index contributed by atoms with van der Waals surface area (Å²) in [6.45, 7) is 6.03. The normalized spacial score (nSPS) is 21.0. The average molecular weight is 341 g/mol. The van der Waals surface area contributed by atoms with Gasteiger partial charge in [-0.1, -0.05) is 17.3 Å². The molecule has 2 heterocycles. The molecule has 1 saturated heterocycles. The molecule has 0 saturated carbocycles. The molecule has 1 aromatic heterocycles. The molecule has 1 aliphatic rings. The van der Waals surface area contributed by atoms with Crippen LogP contribution in [0.4, 0.5) is 13.2 Å². The summed E-state index contributed by atoms with van der Waals surface area (Å²) in [5.41, 5.74) is -0.455. The number of ether oxygens (including phenoxy) is 1. The van der Waals surface area contributed by atoms with Crippen LogP contribution < -0.4 is 0 Å². The van der Waals surface area contributed by atoms with E-state index in [2.05, 4.69) is 15.0 Å². The molecule has 2 unspecified atom stereocenters. The number of benzene rings is 1. The van der Waals surface area contributed by atoms with E-state index >= 15 is 0 Å². The van der Waals surface area contributed by atoms with Gasteiger partial charge in [-0.2, -0.15) is 18.2 Å². The van der Waals surface area contributed by atoms with Crippen LogP contribution in [-0.2, 0) is 10.9 Å². The van der Waals surface area contributed by atoms with Crippen molar-refractivity contribution in [3.8, 4) is 11.4 Å². The fourth-order valence-electron chi connectivity index (χ4n) is 2.71. The van der Waals surface area contributed by atoms with E-state index in [1.54, 1.807) is 0 Å². The van der Waals surface area contributed by atoms with Gasteiger partial charge in [0.15, 0.2) is 0 Å². The van der Waals surface area contributed by atoms with Crippen molar-refractivity contribution in [2.75, 3.05) is 19.7 Å². The summed E-state index contributed by atoms with van der Waals surface area (Å²) in [7, 11) is 0. The van der Waals surface area contributed by atoms with Crippen molar-refractivity contribution >= 4 is 0 Å². The van der Waals surface area contributed by atoms with Crippen molar-refractivity contribution in [3.63, 3.8) is 0 Å². The minimum Gasteiger partial charge on any atom is -0.376 e. The molecule has 1 aliphatic heterocycles. The van der Waals surface area contributed by atoms with Gasteiger partial charge in [0, 0.05) is 18.7 Å². The fourth-order valence-corrected chi connectivity index (χ4v) is 2.71. The number of nitrogens with zero attached hydrogens (tertiary/aromatic N) is 3. The largest absolute Gasteiger partial charge is 0.416 e. The monoisotopic (exact) mass is 341 g/mol. The third-order valence-corrected chi connectivity index (χ3v) is 4.07. The summed E-state index contributed by atoms with van der Waals surface area (Å²) in [5, 5.41) is 3.83. The van der Waals surface area contributed by atoms with Crippen molar-refractivity contribution in [2.24, 2.45) is 0 Å². The van der Waals surface area contributed by atoms with Crippen LogP contribution in [0.25, 0.3) is 11.4 Å². The summed E-state index contributed by atoms with van der Waals surface area (Å²) in [6, 6.07) is 4.79. The van der Waals surface area contributed by atoms with Crippen LogP contribution in [0, 0.1) is 0 Å². The summed E-state index contributed by atoms with van der Waals surface area (Å²) in [5.74, 6) is 0.542. The molecule has 0 aliphatic carbocycles. The molecule has 0 amide bonds. The van der Waals surface area contributed by atoms with Crippen LogP contribution in [0.5, 0.6) is 0 Å². The van der Waals surface area contributed by atoms with Crippen LogP contribution in [-0.4, -0.2) is 40.8 Å². The molecule has 0 bridgehead atoms. The summed E-state index contributed by atoms with van der Waals surface area (Å²) < 4.78 is 49.2. The molecule has 1 aromatic carbocycles. The maximum atomic E-state index is 12.8. The van der Waals surface area contributed by atoms with Crippen LogP contribution in [0.2, 0.25) is 0 Å². The van der Waals surface area contributed by atoms with Crippen LogP contribution in [0.1, 0.15) is 31.3 Å². The van der Waals surface area contributed by atoms with Crippen molar-refractivity contribution in [3.05, 3.63) is 35.7 Å². The van der Waals surface area contributed by atoms with Crippen molar-refractivity contribution in [1.29, 1.82) is 0 Å². The minimum absolute atomic E-state index is 0.118. The van der Waals surface area contributed by atoms with Gasteiger partial charge in [-0.05, 0) is 26.0 Å². The van der Waals surface area contributed by atoms with Crippen molar-refractivity contribution < 1.29 is 22.4 Å². The van der Waals surface area contributed by atoms with Gasteiger partial charge in [0.05, 0.1) is 24.3 Å². The predicted molar refractivity (Wildman–Crippen MR) is 80.1 cm³/mol. The standard InChI is InChI=1S/C16H18F3N3O2/c1-10-9-22(6-7-23-10)11(2)15-20-14(21-24-15)12-4-3-5-13(8-12)16(17,18)19/h3-5,8,10-11H,6-7,9H2,1-2H3. The lowest BCUT2D eigenvalue weighted by Gasteiger charge is -2.33. The Bertz CT molecular complexity index is 702. The topological polar surface area (TPSA) is 51.4 Å².